The van der Waals surface area contributed by atoms with Gasteiger partial charge in [-0.1, -0.05) is 12.1 Å². The van der Waals surface area contributed by atoms with Crippen LogP contribution in [0.1, 0.15) is 22.8 Å². The van der Waals surface area contributed by atoms with Crippen LogP contribution in [-0.4, -0.2) is 55.9 Å². The highest BCUT2D eigenvalue weighted by Crippen LogP contribution is 2.34. The summed E-state index contributed by atoms with van der Waals surface area (Å²) in [4.78, 5) is 49.6. The second kappa shape index (κ2) is 11.8. The first-order chi connectivity index (χ1) is 19.5. The number of carbonyl (C=O) groups excluding carboxylic acids is 2. The molecule has 3 aromatic heterocycles. The Labute approximate surface area is 229 Å². The Morgan fingerprint density at radius 2 is 1.88 bits per heavy atom. The van der Waals surface area contributed by atoms with Crippen molar-refractivity contribution in [1.29, 1.82) is 0 Å². The van der Waals surface area contributed by atoms with E-state index in [2.05, 4.69) is 25.7 Å². The van der Waals surface area contributed by atoms with E-state index in [4.69, 9.17) is 21.0 Å². The van der Waals surface area contributed by atoms with Crippen LogP contribution < -0.4 is 22.1 Å². The molecule has 1 aromatic carbocycles. The van der Waals surface area contributed by atoms with Crippen molar-refractivity contribution in [2.75, 3.05) is 29.6 Å². The first kappa shape index (κ1) is 28.7. The number of carbonyl (C=O) groups is 2. The van der Waals surface area contributed by atoms with Gasteiger partial charge in [0.1, 0.15) is 17.7 Å². The molecule has 0 spiro atoms. The molecule has 0 aliphatic heterocycles. The van der Waals surface area contributed by atoms with Crippen molar-refractivity contribution in [1.82, 2.24) is 19.6 Å². The maximum atomic E-state index is 13.0. The molecule has 0 bridgehead atoms. The second-order valence-corrected chi connectivity index (χ2v) is 8.31. The molecule has 0 aliphatic carbocycles. The van der Waals surface area contributed by atoms with Gasteiger partial charge in [-0.15, -0.1) is 0 Å². The lowest BCUT2D eigenvalue weighted by Crippen LogP contribution is -2.38. The van der Waals surface area contributed by atoms with E-state index < -0.39 is 36.5 Å². The van der Waals surface area contributed by atoms with Crippen molar-refractivity contribution in [3.05, 3.63) is 71.2 Å². The molecule has 0 fully saturated rings. The number of nitrogens with two attached hydrogens (primary N) is 2. The largest absolute Gasteiger partial charge is 0.453 e. The van der Waals surface area contributed by atoms with Gasteiger partial charge in [-0.3, -0.25) is 11.1 Å². The SMILES string of the molecule is CCO[N+](=O)C(N)COC(=O)c1cn2ncnc(N)c2c1-c1ccc(NC(=O)Nc2cc(C(F)(F)F)ccn2)cc1. The van der Waals surface area contributed by atoms with Crippen LogP contribution in [0.4, 0.5) is 35.3 Å². The molecule has 0 aliphatic rings. The molecule has 1 unspecified atom stereocenters. The van der Waals surface area contributed by atoms with Crippen molar-refractivity contribution in [3.63, 3.8) is 0 Å². The lowest BCUT2D eigenvalue weighted by Gasteiger charge is -2.11. The Hall–Kier alpha value is -5.32. The van der Waals surface area contributed by atoms with Crippen molar-refractivity contribution in [2.45, 2.75) is 19.3 Å². The zero-order valence-electron chi connectivity index (χ0n) is 21.3. The maximum Gasteiger partial charge on any atom is 0.416 e. The zero-order valence-corrected chi connectivity index (χ0v) is 21.3. The molecule has 41 heavy (non-hydrogen) atoms. The number of nitrogen functional groups attached to an aromatic ring is 1. The van der Waals surface area contributed by atoms with Gasteiger partial charge in [0.05, 0.1) is 16.0 Å². The third-order valence-electron chi connectivity index (χ3n) is 5.49. The van der Waals surface area contributed by atoms with E-state index in [9.17, 15) is 27.7 Å². The molecule has 0 saturated heterocycles. The number of rotatable bonds is 9. The van der Waals surface area contributed by atoms with Crippen LogP contribution in [0.5, 0.6) is 0 Å². The van der Waals surface area contributed by atoms with E-state index in [-0.39, 0.29) is 39.9 Å². The van der Waals surface area contributed by atoms with Gasteiger partial charge >= 0.3 is 24.3 Å². The molecule has 17 heteroatoms. The maximum absolute atomic E-state index is 13.0. The third-order valence-corrected chi connectivity index (χ3v) is 5.49. The number of benzene rings is 1. The van der Waals surface area contributed by atoms with Gasteiger partial charge in [0.15, 0.2) is 19.0 Å². The molecule has 3 heterocycles. The van der Waals surface area contributed by atoms with Crippen LogP contribution in [-0.2, 0) is 15.8 Å². The molecule has 2 amide bonds. The summed E-state index contributed by atoms with van der Waals surface area (Å²) in [7, 11) is 0. The highest BCUT2D eigenvalue weighted by atomic mass is 19.4. The summed E-state index contributed by atoms with van der Waals surface area (Å²) >= 11 is 0. The molecular weight excluding hydrogens is 551 g/mol. The quantitative estimate of drug-likeness (QED) is 0.131. The number of aromatic nitrogens is 4. The fourth-order valence-electron chi connectivity index (χ4n) is 3.68. The summed E-state index contributed by atoms with van der Waals surface area (Å²) in [6.07, 6.45) is -2.38. The summed E-state index contributed by atoms with van der Waals surface area (Å²) in [6, 6.07) is 6.72. The number of ether oxygens (including phenoxy) is 1. The normalized spacial score (nSPS) is 12.0. The smallest absolute Gasteiger partial charge is 0.416 e. The van der Waals surface area contributed by atoms with Crippen LogP contribution >= 0.6 is 0 Å². The van der Waals surface area contributed by atoms with E-state index in [1.54, 1.807) is 19.1 Å². The predicted octanol–water partition coefficient (Wildman–Crippen LogP) is 3.21. The van der Waals surface area contributed by atoms with Crippen LogP contribution in [0.2, 0.25) is 0 Å². The molecule has 1 atom stereocenters. The molecule has 0 saturated carbocycles. The van der Waals surface area contributed by atoms with Gasteiger partial charge in [0, 0.05) is 23.6 Å². The second-order valence-electron chi connectivity index (χ2n) is 8.31. The number of hydrogen-bond acceptors (Lipinski definition) is 10. The number of nitrogens with one attached hydrogen (secondary N) is 2. The van der Waals surface area contributed by atoms with Gasteiger partial charge in [0.25, 0.3) is 0 Å². The van der Waals surface area contributed by atoms with Crippen LogP contribution in [0.3, 0.4) is 0 Å². The number of fused-ring (bicyclic) bond motifs is 1. The summed E-state index contributed by atoms with van der Waals surface area (Å²) in [5, 5.41) is 8.79. The number of esters is 1. The average molecular weight is 575 g/mol. The lowest BCUT2D eigenvalue weighted by atomic mass is 10.0. The summed E-state index contributed by atoms with van der Waals surface area (Å²) in [6.45, 7) is 1.19. The molecule has 4 aromatic rings. The zero-order chi connectivity index (χ0) is 29.7. The molecule has 214 valence electrons. The minimum atomic E-state index is -4.60. The number of nitrogens with zero attached hydrogens (tertiary/aromatic N) is 5. The minimum absolute atomic E-state index is 0.0346. The first-order valence-electron chi connectivity index (χ1n) is 11.8. The molecule has 6 N–H and O–H groups in total. The van der Waals surface area contributed by atoms with E-state index in [1.165, 1.54) is 29.2 Å². The van der Waals surface area contributed by atoms with Crippen LogP contribution in [0.15, 0.2) is 55.1 Å². The number of alkyl halides is 3. The number of pyridine rings is 1. The van der Waals surface area contributed by atoms with Crippen LogP contribution in [0.25, 0.3) is 16.6 Å². The van der Waals surface area contributed by atoms with Crippen molar-refractivity contribution in [2.24, 2.45) is 5.73 Å². The molecule has 0 radical (unpaired) electrons. The number of halogens is 3. The van der Waals surface area contributed by atoms with Crippen molar-refractivity contribution >= 4 is 34.8 Å². The summed E-state index contributed by atoms with van der Waals surface area (Å²) in [5.74, 6) is -1.07. The number of amides is 2. The van der Waals surface area contributed by atoms with Crippen molar-refractivity contribution in [3.8, 4) is 11.1 Å². The monoisotopic (exact) mass is 574 g/mol. The third kappa shape index (κ3) is 6.64. The Balaban J connectivity index is 1.54. The Bertz CT molecular complexity index is 1590. The van der Waals surface area contributed by atoms with Crippen molar-refractivity contribution < 1.29 is 37.3 Å². The number of anilines is 3. The first-order valence-corrected chi connectivity index (χ1v) is 11.8. The van der Waals surface area contributed by atoms with E-state index >= 15 is 0 Å². The fourth-order valence-corrected chi connectivity index (χ4v) is 3.68. The number of hydrogen-bond donors (Lipinski definition) is 4. The van der Waals surface area contributed by atoms with Gasteiger partial charge in [-0.2, -0.15) is 18.3 Å². The van der Waals surface area contributed by atoms with Gasteiger partial charge in [0.2, 0.25) is 4.92 Å². The fraction of sp³-hybridized carbons (Fsp3) is 0.208. The highest BCUT2D eigenvalue weighted by Gasteiger charge is 2.31. The Morgan fingerprint density at radius 1 is 1.15 bits per heavy atom. The highest BCUT2D eigenvalue weighted by molar-refractivity contribution is 6.05. The minimum Gasteiger partial charge on any atom is -0.453 e. The Morgan fingerprint density at radius 3 is 2.56 bits per heavy atom. The predicted molar refractivity (Wildman–Crippen MR) is 138 cm³/mol. The van der Waals surface area contributed by atoms with E-state index in [1.807, 2.05) is 0 Å². The molecule has 14 nitrogen and oxygen atoms in total. The van der Waals surface area contributed by atoms with Crippen LogP contribution in [0, 0.1) is 4.91 Å². The standard InChI is InChI=1S/C24H22F3N9O5/c1-2-41-36(39)17(28)11-40-22(37)16-10-35-20(21(29)31-12-32-35)19(16)13-3-5-15(6-4-13)33-23(38)34-18-9-14(7-8-30-18)24(25,26)27/h3-10,12,17H,2,11,28H2,1H3,(H3-,29,30,31,32,33,34,38)/p+1. The number of urea groups is 1. The average Bonchev–Trinajstić information content (AvgIpc) is 3.33. The van der Waals surface area contributed by atoms with Gasteiger partial charge in [-0.25, -0.2) is 28.9 Å². The molecular formula is C24H23F3N9O5+. The topological polar surface area (TPSA) is 192 Å². The molecule has 4 rings (SSSR count). The van der Waals surface area contributed by atoms with E-state index in [0.29, 0.717) is 17.2 Å². The van der Waals surface area contributed by atoms with Gasteiger partial charge < -0.3 is 15.8 Å². The summed E-state index contributed by atoms with van der Waals surface area (Å²) in [5.41, 5.74) is 12.1. The Kier molecular flexibility index (Phi) is 8.27. The summed E-state index contributed by atoms with van der Waals surface area (Å²) < 4.78 is 45.3. The van der Waals surface area contributed by atoms with Gasteiger partial charge in [-0.05, 0) is 36.8 Å². The van der Waals surface area contributed by atoms with E-state index in [0.717, 1.165) is 12.3 Å². The lowest BCUT2D eigenvalue weighted by molar-refractivity contribution is -0.826.